The van der Waals surface area contributed by atoms with Gasteiger partial charge in [0.15, 0.2) is 0 Å². The predicted molar refractivity (Wildman–Crippen MR) is 75.3 cm³/mol. The summed E-state index contributed by atoms with van der Waals surface area (Å²) in [6.07, 6.45) is 5.24. The minimum atomic E-state index is -4.35. The van der Waals surface area contributed by atoms with E-state index in [2.05, 4.69) is 10.6 Å². The van der Waals surface area contributed by atoms with Gasteiger partial charge in [-0.25, -0.2) is 4.79 Å². The third-order valence-electron chi connectivity index (χ3n) is 3.35. The van der Waals surface area contributed by atoms with Crippen molar-refractivity contribution in [2.45, 2.75) is 43.0 Å². The van der Waals surface area contributed by atoms with Crippen LogP contribution >= 0.6 is 0 Å². The van der Waals surface area contributed by atoms with Gasteiger partial charge in [0.25, 0.3) is 10.1 Å². The maximum absolute atomic E-state index is 11.9. The van der Waals surface area contributed by atoms with Gasteiger partial charge in [0.05, 0.1) is 5.69 Å². The molecule has 2 amide bonds. The Labute approximate surface area is 118 Å². The summed E-state index contributed by atoms with van der Waals surface area (Å²) in [7, 11) is -4.35. The van der Waals surface area contributed by atoms with Crippen LogP contribution in [0.4, 0.5) is 10.5 Å². The zero-order valence-corrected chi connectivity index (χ0v) is 11.8. The highest BCUT2D eigenvalue weighted by Crippen LogP contribution is 2.21. The van der Waals surface area contributed by atoms with Gasteiger partial charge >= 0.3 is 6.03 Å². The van der Waals surface area contributed by atoms with E-state index in [9.17, 15) is 13.2 Å². The maximum atomic E-state index is 11.9. The molecule has 2 rings (SSSR count). The van der Waals surface area contributed by atoms with Crippen LogP contribution in [0.2, 0.25) is 0 Å². The Morgan fingerprint density at radius 3 is 2.45 bits per heavy atom. The van der Waals surface area contributed by atoms with Crippen LogP contribution in [-0.4, -0.2) is 25.0 Å². The summed E-state index contributed by atoms with van der Waals surface area (Å²) in [5, 5.41) is 5.29. The van der Waals surface area contributed by atoms with Crippen LogP contribution in [0.15, 0.2) is 29.2 Å². The van der Waals surface area contributed by atoms with Crippen molar-refractivity contribution < 1.29 is 17.8 Å². The quantitative estimate of drug-likeness (QED) is 0.747. The summed E-state index contributed by atoms with van der Waals surface area (Å²) in [5.74, 6) is 0. The Balaban J connectivity index is 2.04. The molecular weight excluding hydrogens is 280 g/mol. The number of carbonyl (C=O) groups is 1. The van der Waals surface area contributed by atoms with Gasteiger partial charge in [-0.05, 0) is 25.0 Å². The summed E-state index contributed by atoms with van der Waals surface area (Å²) >= 11 is 0. The fraction of sp³-hybridized carbons (Fsp3) is 0.462. The highest BCUT2D eigenvalue weighted by molar-refractivity contribution is 7.86. The Morgan fingerprint density at radius 2 is 1.80 bits per heavy atom. The zero-order chi connectivity index (χ0) is 14.6. The van der Waals surface area contributed by atoms with Gasteiger partial charge in [0.1, 0.15) is 4.90 Å². The van der Waals surface area contributed by atoms with E-state index in [0.717, 1.165) is 25.7 Å². The van der Waals surface area contributed by atoms with Crippen LogP contribution in [0, 0.1) is 0 Å². The Bertz CT molecular complexity index is 580. The standard InChI is InChI=1S/C13H18N2O4S/c16-13(14-10-6-2-1-3-7-10)15-11-8-4-5-9-12(11)20(17,18)19/h4-5,8-10H,1-3,6-7H2,(H2,14,15,16)(H,17,18,19). The predicted octanol–water partition coefficient (Wildman–Crippen LogP) is 2.39. The molecule has 1 aliphatic carbocycles. The average Bonchev–Trinajstić information content (AvgIpc) is 2.39. The van der Waals surface area contributed by atoms with E-state index >= 15 is 0 Å². The first-order chi connectivity index (χ1) is 9.47. The molecule has 20 heavy (non-hydrogen) atoms. The van der Waals surface area contributed by atoms with E-state index in [1.807, 2.05) is 0 Å². The summed E-state index contributed by atoms with van der Waals surface area (Å²) < 4.78 is 31.5. The molecule has 1 aromatic carbocycles. The van der Waals surface area contributed by atoms with Gasteiger partial charge in [-0.2, -0.15) is 8.42 Å². The molecule has 0 aliphatic heterocycles. The molecule has 0 spiro atoms. The summed E-state index contributed by atoms with van der Waals surface area (Å²) in [4.78, 5) is 11.6. The molecule has 1 aliphatic rings. The molecule has 0 saturated heterocycles. The van der Waals surface area contributed by atoms with Crippen molar-refractivity contribution in [2.24, 2.45) is 0 Å². The smallest absolute Gasteiger partial charge is 0.319 e. The molecule has 0 heterocycles. The molecule has 7 heteroatoms. The Kier molecular flexibility index (Phi) is 4.61. The first-order valence-corrected chi connectivity index (χ1v) is 8.05. The van der Waals surface area contributed by atoms with Crippen LogP contribution < -0.4 is 10.6 Å². The highest BCUT2D eigenvalue weighted by atomic mass is 32.2. The van der Waals surface area contributed by atoms with E-state index in [1.165, 1.54) is 24.6 Å². The fourth-order valence-corrected chi connectivity index (χ4v) is 3.03. The number of hydrogen-bond donors (Lipinski definition) is 3. The first kappa shape index (κ1) is 14.8. The van der Waals surface area contributed by atoms with Crippen LogP contribution in [-0.2, 0) is 10.1 Å². The van der Waals surface area contributed by atoms with Crippen molar-refractivity contribution >= 4 is 21.8 Å². The molecular formula is C13H18N2O4S. The third-order valence-corrected chi connectivity index (χ3v) is 4.27. The van der Waals surface area contributed by atoms with Crippen LogP contribution in [0.5, 0.6) is 0 Å². The summed E-state index contributed by atoms with van der Waals surface area (Å²) in [6.45, 7) is 0. The lowest BCUT2D eigenvalue weighted by Crippen LogP contribution is -2.39. The average molecular weight is 298 g/mol. The molecule has 6 nitrogen and oxygen atoms in total. The van der Waals surface area contributed by atoms with Gasteiger partial charge in [0.2, 0.25) is 0 Å². The van der Waals surface area contributed by atoms with E-state index in [0.29, 0.717) is 0 Å². The lowest BCUT2D eigenvalue weighted by Gasteiger charge is -2.23. The van der Waals surface area contributed by atoms with Gasteiger partial charge in [-0.3, -0.25) is 4.55 Å². The number of hydrogen-bond acceptors (Lipinski definition) is 3. The molecule has 0 radical (unpaired) electrons. The minimum Gasteiger partial charge on any atom is -0.335 e. The van der Waals surface area contributed by atoms with E-state index in [1.54, 1.807) is 6.07 Å². The van der Waals surface area contributed by atoms with Crippen molar-refractivity contribution in [1.29, 1.82) is 0 Å². The van der Waals surface area contributed by atoms with Crippen molar-refractivity contribution in [3.63, 3.8) is 0 Å². The molecule has 0 atom stereocenters. The van der Waals surface area contributed by atoms with Crippen molar-refractivity contribution in [3.8, 4) is 0 Å². The number of rotatable bonds is 3. The van der Waals surface area contributed by atoms with E-state index in [4.69, 9.17) is 4.55 Å². The summed E-state index contributed by atoms with van der Waals surface area (Å²) in [5.41, 5.74) is 0.0725. The van der Waals surface area contributed by atoms with Crippen LogP contribution in [0.3, 0.4) is 0 Å². The lowest BCUT2D eigenvalue weighted by atomic mass is 9.96. The summed E-state index contributed by atoms with van der Waals surface area (Å²) in [6, 6.07) is 5.42. The third kappa shape index (κ3) is 3.94. The zero-order valence-electron chi connectivity index (χ0n) is 11.0. The SMILES string of the molecule is O=C(Nc1ccccc1S(=O)(=O)O)NC1CCCCC1. The number of para-hydroxylation sites is 1. The number of amides is 2. The number of benzene rings is 1. The van der Waals surface area contributed by atoms with Gasteiger partial charge < -0.3 is 10.6 Å². The molecule has 110 valence electrons. The number of carbonyl (C=O) groups excluding carboxylic acids is 1. The first-order valence-electron chi connectivity index (χ1n) is 6.61. The molecule has 3 N–H and O–H groups in total. The van der Waals surface area contributed by atoms with Gasteiger partial charge in [-0.15, -0.1) is 0 Å². The largest absolute Gasteiger partial charge is 0.335 e. The molecule has 1 aromatic rings. The van der Waals surface area contributed by atoms with Crippen LogP contribution in [0.25, 0.3) is 0 Å². The molecule has 0 aromatic heterocycles. The number of anilines is 1. The van der Waals surface area contributed by atoms with E-state index in [-0.39, 0.29) is 16.6 Å². The van der Waals surface area contributed by atoms with E-state index < -0.39 is 16.1 Å². The maximum Gasteiger partial charge on any atom is 0.319 e. The number of urea groups is 1. The van der Waals surface area contributed by atoms with Gasteiger partial charge in [0, 0.05) is 6.04 Å². The minimum absolute atomic E-state index is 0.0725. The monoisotopic (exact) mass is 298 g/mol. The van der Waals surface area contributed by atoms with Crippen molar-refractivity contribution in [3.05, 3.63) is 24.3 Å². The molecule has 0 bridgehead atoms. The highest BCUT2D eigenvalue weighted by Gasteiger charge is 2.19. The lowest BCUT2D eigenvalue weighted by molar-refractivity contribution is 0.244. The second-order valence-corrected chi connectivity index (χ2v) is 6.29. The van der Waals surface area contributed by atoms with Crippen molar-refractivity contribution in [1.82, 2.24) is 5.32 Å². The second-order valence-electron chi connectivity index (χ2n) is 4.90. The topological polar surface area (TPSA) is 95.5 Å². The normalized spacial score (nSPS) is 16.6. The van der Waals surface area contributed by atoms with Crippen LogP contribution in [0.1, 0.15) is 32.1 Å². The second kappa shape index (κ2) is 6.23. The Hall–Kier alpha value is -1.60. The van der Waals surface area contributed by atoms with Crippen molar-refractivity contribution in [2.75, 3.05) is 5.32 Å². The molecule has 1 saturated carbocycles. The molecule has 0 unspecified atom stereocenters. The van der Waals surface area contributed by atoms with Gasteiger partial charge in [-0.1, -0.05) is 31.4 Å². The fourth-order valence-electron chi connectivity index (χ4n) is 2.39. The Morgan fingerprint density at radius 1 is 1.15 bits per heavy atom. The molecule has 1 fully saturated rings. The number of nitrogens with one attached hydrogen (secondary N) is 2.